The second-order valence-electron chi connectivity index (χ2n) is 5.48. The average Bonchev–Trinajstić information content (AvgIpc) is 2.67. The molecule has 1 aliphatic heterocycles. The molecule has 2 aromatic rings. The Balaban J connectivity index is 1.51. The van der Waals surface area contributed by atoms with Crippen LogP contribution in [0.25, 0.3) is 6.08 Å². The van der Waals surface area contributed by atoms with E-state index >= 15 is 0 Å². The molecular weight excluding hydrogens is 304 g/mol. The first-order chi connectivity index (χ1) is 11.8. The number of carbonyl (C=O) groups excluding carboxylic acids is 1. The Morgan fingerprint density at radius 2 is 1.96 bits per heavy atom. The van der Waals surface area contributed by atoms with Gasteiger partial charge in [0.05, 0.1) is 13.2 Å². The van der Waals surface area contributed by atoms with Crippen LogP contribution < -0.4 is 4.90 Å². The first-order valence-corrected chi connectivity index (χ1v) is 7.99. The number of carbonyl (C=O) groups is 1. The van der Waals surface area contributed by atoms with E-state index in [4.69, 9.17) is 9.47 Å². The summed E-state index contributed by atoms with van der Waals surface area (Å²) in [5, 5.41) is 0. The SMILES string of the molecule is O=C(/C=C/c1ccc(N2CCOCC2)nc1)OCc1ccccc1. The molecule has 5 heteroatoms. The first kappa shape index (κ1) is 16.2. The van der Waals surface area contributed by atoms with Crippen LogP contribution >= 0.6 is 0 Å². The van der Waals surface area contributed by atoms with Gasteiger partial charge in [-0.1, -0.05) is 30.3 Å². The lowest BCUT2D eigenvalue weighted by Gasteiger charge is -2.27. The molecule has 0 N–H and O–H groups in total. The van der Waals surface area contributed by atoms with Gasteiger partial charge < -0.3 is 14.4 Å². The summed E-state index contributed by atoms with van der Waals surface area (Å²) in [5.74, 6) is 0.568. The molecule has 1 aliphatic rings. The van der Waals surface area contributed by atoms with Gasteiger partial charge in [0.25, 0.3) is 0 Å². The Labute approximate surface area is 141 Å². The third-order valence-corrected chi connectivity index (χ3v) is 3.74. The quantitative estimate of drug-likeness (QED) is 0.625. The Morgan fingerprint density at radius 3 is 2.67 bits per heavy atom. The minimum absolute atomic E-state index is 0.276. The molecule has 124 valence electrons. The predicted molar refractivity (Wildman–Crippen MR) is 92.5 cm³/mol. The number of hydrogen-bond donors (Lipinski definition) is 0. The smallest absolute Gasteiger partial charge is 0.331 e. The van der Waals surface area contributed by atoms with Crippen LogP contribution in [0.2, 0.25) is 0 Å². The maximum absolute atomic E-state index is 11.8. The molecule has 0 spiro atoms. The zero-order valence-electron chi connectivity index (χ0n) is 13.4. The third-order valence-electron chi connectivity index (χ3n) is 3.74. The van der Waals surface area contributed by atoms with E-state index < -0.39 is 0 Å². The largest absolute Gasteiger partial charge is 0.458 e. The highest BCUT2D eigenvalue weighted by molar-refractivity contribution is 5.87. The summed E-state index contributed by atoms with van der Waals surface area (Å²) in [6.07, 6.45) is 4.89. The normalized spacial score (nSPS) is 14.8. The molecule has 0 amide bonds. The van der Waals surface area contributed by atoms with Gasteiger partial charge in [-0.25, -0.2) is 9.78 Å². The highest BCUT2D eigenvalue weighted by atomic mass is 16.5. The molecule has 2 heterocycles. The number of esters is 1. The van der Waals surface area contributed by atoms with Crippen molar-refractivity contribution < 1.29 is 14.3 Å². The molecule has 0 saturated carbocycles. The van der Waals surface area contributed by atoms with Crippen LogP contribution in [-0.4, -0.2) is 37.3 Å². The molecule has 1 saturated heterocycles. The van der Waals surface area contributed by atoms with Crippen molar-refractivity contribution in [2.75, 3.05) is 31.2 Å². The topological polar surface area (TPSA) is 51.7 Å². The van der Waals surface area contributed by atoms with Crippen molar-refractivity contribution >= 4 is 17.9 Å². The Hall–Kier alpha value is -2.66. The van der Waals surface area contributed by atoms with E-state index in [-0.39, 0.29) is 12.6 Å². The second kappa shape index (κ2) is 8.26. The first-order valence-electron chi connectivity index (χ1n) is 7.99. The molecule has 0 radical (unpaired) electrons. The number of pyridine rings is 1. The van der Waals surface area contributed by atoms with Crippen LogP contribution in [0.4, 0.5) is 5.82 Å². The molecular formula is C19H20N2O3. The van der Waals surface area contributed by atoms with Gasteiger partial charge in [-0.05, 0) is 29.3 Å². The average molecular weight is 324 g/mol. The zero-order chi connectivity index (χ0) is 16.6. The summed E-state index contributed by atoms with van der Waals surface area (Å²) in [4.78, 5) is 18.4. The molecule has 0 aliphatic carbocycles. The van der Waals surface area contributed by atoms with Crippen molar-refractivity contribution in [3.05, 3.63) is 65.9 Å². The van der Waals surface area contributed by atoms with Gasteiger partial charge >= 0.3 is 5.97 Å². The number of rotatable bonds is 5. The Bertz CT molecular complexity index is 678. The standard InChI is InChI=1S/C19H20N2O3/c22-19(24-15-17-4-2-1-3-5-17)9-7-16-6-8-18(20-14-16)21-10-12-23-13-11-21/h1-9,14H,10-13,15H2/b9-7+. The fourth-order valence-electron chi connectivity index (χ4n) is 2.42. The Kier molecular flexibility index (Phi) is 5.58. The van der Waals surface area contributed by atoms with E-state index in [9.17, 15) is 4.79 Å². The van der Waals surface area contributed by atoms with Crippen LogP contribution in [0.5, 0.6) is 0 Å². The minimum Gasteiger partial charge on any atom is -0.458 e. The fraction of sp³-hybridized carbons (Fsp3) is 0.263. The van der Waals surface area contributed by atoms with E-state index in [0.29, 0.717) is 0 Å². The van der Waals surface area contributed by atoms with E-state index in [1.54, 1.807) is 12.3 Å². The molecule has 5 nitrogen and oxygen atoms in total. The monoisotopic (exact) mass is 324 g/mol. The molecule has 24 heavy (non-hydrogen) atoms. The fourth-order valence-corrected chi connectivity index (χ4v) is 2.42. The van der Waals surface area contributed by atoms with Crippen molar-refractivity contribution in [2.45, 2.75) is 6.61 Å². The van der Waals surface area contributed by atoms with E-state index in [0.717, 1.165) is 43.2 Å². The third kappa shape index (κ3) is 4.67. The van der Waals surface area contributed by atoms with Crippen molar-refractivity contribution in [3.63, 3.8) is 0 Å². The number of anilines is 1. The molecule has 0 unspecified atom stereocenters. The van der Waals surface area contributed by atoms with Gasteiger partial charge in [-0.2, -0.15) is 0 Å². The van der Waals surface area contributed by atoms with Gasteiger partial charge in [0.15, 0.2) is 0 Å². The van der Waals surface area contributed by atoms with Gasteiger partial charge in [0.2, 0.25) is 0 Å². The number of aromatic nitrogens is 1. The van der Waals surface area contributed by atoms with Crippen LogP contribution in [0.1, 0.15) is 11.1 Å². The maximum atomic E-state index is 11.8. The van der Waals surface area contributed by atoms with Gasteiger partial charge in [0.1, 0.15) is 12.4 Å². The lowest BCUT2D eigenvalue weighted by molar-refractivity contribution is -0.138. The lowest BCUT2D eigenvalue weighted by Crippen LogP contribution is -2.36. The maximum Gasteiger partial charge on any atom is 0.331 e. The van der Waals surface area contributed by atoms with Crippen molar-refractivity contribution in [1.29, 1.82) is 0 Å². The number of ether oxygens (including phenoxy) is 2. The summed E-state index contributed by atoms with van der Waals surface area (Å²) in [6, 6.07) is 13.5. The molecule has 0 bridgehead atoms. The minimum atomic E-state index is -0.365. The van der Waals surface area contributed by atoms with Crippen LogP contribution in [0.15, 0.2) is 54.7 Å². The number of hydrogen-bond acceptors (Lipinski definition) is 5. The molecule has 1 fully saturated rings. The molecule has 1 aromatic carbocycles. The van der Waals surface area contributed by atoms with Crippen LogP contribution in [0.3, 0.4) is 0 Å². The highest BCUT2D eigenvalue weighted by Gasteiger charge is 2.11. The second-order valence-corrected chi connectivity index (χ2v) is 5.48. The van der Waals surface area contributed by atoms with Crippen molar-refractivity contribution in [2.24, 2.45) is 0 Å². The Morgan fingerprint density at radius 1 is 1.17 bits per heavy atom. The van der Waals surface area contributed by atoms with Crippen LogP contribution in [-0.2, 0) is 20.9 Å². The summed E-state index contributed by atoms with van der Waals surface area (Å²) in [6.45, 7) is 3.45. The molecule has 3 rings (SSSR count). The molecule has 0 atom stereocenters. The number of benzene rings is 1. The highest BCUT2D eigenvalue weighted by Crippen LogP contribution is 2.13. The van der Waals surface area contributed by atoms with Gasteiger partial charge in [-0.3, -0.25) is 0 Å². The van der Waals surface area contributed by atoms with E-state index in [1.165, 1.54) is 6.08 Å². The zero-order valence-corrected chi connectivity index (χ0v) is 13.4. The summed E-state index contributed by atoms with van der Waals surface area (Å²) >= 11 is 0. The van der Waals surface area contributed by atoms with E-state index in [2.05, 4.69) is 9.88 Å². The van der Waals surface area contributed by atoms with E-state index in [1.807, 2.05) is 42.5 Å². The van der Waals surface area contributed by atoms with Crippen molar-refractivity contribution in [1.82, 2.24) is 4.98 Å². The number of morpholine rings is 1. The summed E-state index contributed by atoms with van der Waals surface area (Å²) in [5.41, 5.74) is 1.83. The van der Waals surface area contributed by atoms with Gasteiger partial charge in [-0.15, -0.1) is 0 Å². The lowest BCUT2D eigenvalue weighted by atomic mass is 10.2. The summed E-state index contributed by atoms with van der Waals surface area (Å²) < 4.78 is 10.5. The molecule has 1 aromatic heterocycles. The van der Waals surface area contributed by atoms with Crippen LogP contribution in [0, 0.1) is 0 Å². The van der Waals surface area contributed by atoms with Crippen molar-refractivity contribution in [3.8, 4) is 0 Å². The predicted octanol–water partition coefficient (Wildman–Crippen LogP) is 2.67. The summed E-state index contributed by atoms with van der Waals surface area (Å²) in [7, 11) is 0. The van der Waals surface area contributed by atoms with Gasteiger partial charge in [0, 0.05) is 25.4 Å². The number of nitrogens with zero attached hydrogens (tertiary/aromatic N) is 2.